The third-order valence-electron chi connectivity index (χ3n) is 3.02. The summed E-state index contributed by atoms with van der Waals surface area (Å²) in [6.07, 6.45) is -2.64. The molecule has 0 amide bonds. The second-order valence-corrected chi connectivity index (χ2v) is 4.87. The Hall–Kier alpha value is -0.980. The van der Waals surface area contributed by atoms with Crippen LogP contribution in [0.3, 0.4) is 0 Å². The first-order valence-electron chi connectivity index (χ1n) is 5.48. The average Bonchev–Trinajstić information content (AvgIpc) is 2.93. The third-order valence-corrected chi connectivity index (χ3v) is 3.02. The fourth-order valence-corrected chi connectivity index (χ4v) is 1.96. The first-order chi connectivity index (χ1) is 7.76. The molecule has 0 spiro atoms. The van der Waals surface area contributed by atoms with Crippen molar-refractivity contribution in [2.75, 3.05) is 20.1 Å². The molecule has 0 saturated heterocycles. The quantitative estimate of drug-likeness (QED) is 0.328. The summed E-state index contributed by atoms with van der Waals surface area (Å²) in [6.45, 7) is 0.542. The van der Waals surface area contributed by atoms with E-state index in [2.05, 4.69) is 5.16 Å². The zero-order valence-corrected chi connectivity index (χ0v) is 9.80. The Kier molecular flexibility index (Phi) is 4.24. The lowest BCUT2D eigenvalue weighted by molar-refractivity contribution is -0.137. The molecular weight excluding hydrogens is 235 g/mol. The summed E-state index contributed by atoms with van der Waals surface area (Å²) < 4.78 is 36.1. The van der Waals surface area contributed by atoms with Gasteiger partial charge in [0.2, 0.25) is 0 Å². The van der Waals surface area contributed by atoms with Gasteiger partial charge in [-0.3, -0.25) is 0 Å². The van der Waals surface area contributed by atoms with E-state index in [1.54, 1.807) is 11.9 Å². The highest BCUT2D eigenvalue weighted by Crippen LogP contribution is 2.49. The molecule has 0 aromatic carbocycles. The molecule has 0 aromatic heterocycles. The minimum absolute atomic E-state index is 0.0125. The maximum absolute atomic E-state index is 12.0. The van der Waals surface area contributed by atoms with Crippen LogP contribution >= 0.6 is 0 Å². The zero-order valence-electron chi connectivity index (χ0n) is 9.80. The summed E-state index contributed by atoms with van der Waals surface area (Å²) in [6, 6.07) is 0. The molecule has 4 nitrogen and oxygen atoms in total. The van der Waals surface area contributed by atoms with E-state index < -0.39 is 12.6 Å². The zero-order chi connectivity index (χ0) is 13.1. The van der Waals surface area contributed by atoms with Crippen LogP contribution in [-0.4, -0.2) is 42.3 Å². The number of hydrogen-bond donors (Lipinski definition) is 2. The van der Waals surface area contributed by atoms with Gasteiger partial charge in [-0.2, -0.15) is 13.2 Å². The third kappa shape index (κ3) is 5.25. The van der Waals surface area contributed by atoms with Crippen molar-refractivity contribution in [3.05, 3.63) is 0 Å². The van der Waals surface area contributed by atoms with Gasteiger partial charge in [0.15, 0.2) is 0 Å². The maximum Gasteiger partial charge on any atom is 0.390 e. The minimum Gasteiger partial charge on any atom is -0.409 e. The number of amidine groups is 1. The number of hydrogen-bond acceptors (Lipinski definition) is 3. The van der Waals surface area contributed by atoms with Crippen molar-refractivity contribution in [1.82, 2.24) is 4.90 Å². The first kappa shape index (κ1) is 14.1. The van der Waals surface area contributed by atoms with Gasteiger partial charge in [0, 0.05) is 19.5 Å². The van der Waals surface area contributed by atoms with Crippen LogP contribution in [-0.2, 0) is 0 Å². The van der Waals surface area contributed by atoms with Crippen molar-refractivity contribution in [1.29, 1.82) is 0 Å². The van der Waals surface area contributed by atoms with Crippen molar-refractivity contribution >= 4 is 5.84 Å². The van der Waals surface area contributed by atoms with Crippen molar-refractivity contribution in [2.45, 2.75) is 31.9 Å². The Balaban J connectivity index is 2.33. The van der Waals surface area contributed by atoms with Crippen molar-refractivity contribution in [2.24, 2.45) is 16.3 Å². The van der Waals surface area contributed by atoms with Gasteiger partial charge in [0.25, 0.3) is 0 Å². The Morgan fingerprint density at radius 1 is 1.47 bits per heavy atom. The lowest BCUT2D eigenvalue weighted by Crippen LogP contribution is -2.32. The molecule has 0 radical (unpaired) electrons. The number of nitrogens with two attached hydrogens (primary N) is 1. The molecule has 1 rings (SSSR count). The highest BCUT2D eigenvalue weighted by molar-refractivity contribution is 5.80. The predicted molar refractivity (Wildman–Crippen MR) is 57.9 cm³/mol. The van der Waals surface area contributed by atoms with Gasteiger partial charge < -0.3 is 15.8 Å². The van der Waals surface area contributed by atoms with E-state index in [1.807, 2.05) is 0 Å². The second kappa shape index (κ2) is 5.12. The molecule has 1 aliphatic carbocycles. The van der Waals surface area contributed by atoms with Gasteiger partial charge in [-0.1, -0.05) is 5.16 Å². The summed E-state index contributed by atoms with van der Waals surface area (Å²) in [5.74, 6) is 0.145. The van der Waals surface area contributed by atoms with Gasteiger partial charge in [-0.25, -0.2) is 0 Å². The molecule has 0 bridgehead atoms. The summed E-state index contributed by atoms with van der Waals surface area (Å²) in [5.41, 5.74) is 5.33. The number of halogens is 3. The molecule has 1 saturated carbocycles. The second-order valence-electron chi connectivity index (χ2n) is 4.87. The Morgan fingerprint density at radius 3 is 2.47 bits per heavy atom. The highest BCUT2D eigenvalue weighted by Gasteiger charge is 2.44. The molecule has 7 heteroatoms. The molecule has 17 heavy (non-hydrogen) atoms. The number of oxime groups is 1. The molecule has 0 heterocycles. The minimum atomic E-state index is -4.11. The van der Waals surface area contributed by atoms with Gasteiger partial charge in [0.1, 0.15) is 5.84 Å². The summed E-state index contributed by atoms with van der Waals surface area (Å²) in [5, 5.41) is 11.4. The Morgan fingerprint density at radius 2 is 2.06 bits per heavy atom. The van der Waals surface area contributed by atoms with Crippen LogP contribution in [0.4, 0.5) is 13.2 Å². The van der Waals surface area contributed by atoms with Crippen molar-refractivity contribution in [3.63, 3.8) is 0 Å². The molecule has 3 N–H and O–H groups in total. The van der Waals surface area contributed by atoms with Gasteiger partial charge in [0.05, 0.1) is 6.42 Å². The van der Waals surface area contributed by atoms with E-state index >= 15 is 0 Å². The van der Waals surface area contributed by atoms with E-state index in [9.17, 15) is 13.2 Å². The van der Waals surface area contributed by atoms with Crippen LogP contribution in [0.15, 0.2) is 5.16 Å². The monoisotopic (exact) mass is 253 g/mol. The van der Waals surface area contributed by atoms with Crippen molar-refractivity contribution in [3.8, 4) is 0 Å². The molecule has 0 aromatic rings. The average molecular weight is 253 g/mol. The largest absolute Gasteiger partial charge is 0.409 e. The Bertz CT molecular complexity index is 287. The van der Waals surface area contributed by atoms with E-state index in [0.29, 0.717) is 13.0 Å². The fourth-order valence-electron chi connectivity index (χ4n) is 1.96. The normalized spacial score (nSPS) is 19.7. The number of alkyl halides is 3. The van der Waals surface area contributed by atoms with E-state index in [0.717, 1.165) is 12.8 Å². The van der Waals surface area contributed by atoms with Gasteiger partial charge in [-0.05, 0) is 25.3 Å². The molecule has 0 unspecified atom stereocenters. The maximum atomic E-state index is 12.0. The van der Waals surface area contributed by atoms with Gasteiger partial charge >= 0.3 is 6.18 Å². The molecule has 1 aliphatic rings. The predicted octanol–water partition coefficient (Wildman–Crippen LogP) is 1.79. The Labute approximate surface area is 98.3 Å². The van der Waals surface area contributed by atoms with Crippen molar-refractivity contribution < 1.29 is 18.4 Å². The van der Waals surface area contributed by atoms with E-state index in [4.69, 9.17) is 10.9 Å². The molecular formula is C10H18F3N3O. The van der Waals surface area contributed by atoms with Gasteiger partial charge in [-0.15, -0.1) is 0 Å². The molecule has 100 valence electrons. The SMILES string of the molecule is CN(CCC(F)(F)F)CC1(C/C(N)=N/O)CC1. The topological polar surface area (TPSA) is 61.8 Å². The fraction of sp³-hybridized carbons (Fsp3) is 0.900. The van der Waals surface area contributed by atoms with Crippen LogP contribution < -0.4 is 5.73 Å². The van der Waals surface area contributed by atoms with E-state index in [1.165, 1.54) is 0 Å². The van der Waals surface area contributed by atoms with Crippen LogP contribution in [0.1, 0.15) is 25.7 Å². The highest BCUT2D eigenvalue weighted by atomic mass is 19.4. The first-order valence-corrected chi connectivity index (χ1v) is 5.48. The van der Waals surface area contributed by atoms with E-state index in [-0.39, 0.29) is 17.8 Å². The smallest absolute Gasteiger partial charge is 0.390 e. The molecule has 0 atom stereocenters. The van der Waals surface area contributed by atoms with Crippen LogP contribution in [0, 0.1) is 5.41 Å². The molecule has 1 fully saturated rings. The summed E-state index contributed by atoms with van der Waals surface area (Å²) in [4.78, 5) is 1.66. The molecule has 0 aliphatic heterocycles. The lowest BCUT2D eigenvalue weighted by atomic mass is 10.0. The number of nitrogens with zero attached hydrogens (tertiary/aromatic N) is 2. The van der Waals surface area contributed by atoms with Crippen LogP contribution in [0.5, 0.6) is 0 Å². The number of rotatable bonds is 6. The standard InChI is InChI=1S/C10H18F3N3O/c1-16(5-4-10(11,12)13)7-9(2-3-9)6-8(14)15-17/h17H,2-7H2,1H3,(H2,14,15). The van der Waals surface area contributed by atoms with Crippen LogP contribution in [0.25, 0.3) is 0 Å². The lowest BCUT2D eigenvalue weighted by Gasteiger charge is -2.23. The summed E-state index contributed by atoms with van der Waals surface area (Å²) >= 11 is 0. The van der Waals surface area contributed by atoms with Crippen LogP contribution in [0.2, 0.25) is 0 Å². The summed E-state index contributed by atoms with van der Waals surface area (Å²) in [7, 11) is 1.66.